The van der Waals surface area contributed by atoms with Gasteiger partial charge >= 0.3 is 0 Å². The summed E-state index contributed by atoms with van der Waals surface area (Å²) < 4.78 is 1.37. The van der Waals surface area contributed by atoms with Crippen molar-refractivity contribution in [1.29, 1.82) is 5.26 Å². The molecule has 0 aliphatic rings. The summed E-state index contributed by atoms with van der Waals surface area (Å²) in [4.78, 5) is 10.3. The number of anilines is 1. The van der Waals surface area contributed by atoms with E-state index in [0.717, 1.165) is 6.42 Å². The third-order valence-electron chi connectivity index (χ3n) is 2.88. The number of non-ortho nitro benzene ring substituents is 1. The summed E-state index contributed by atoms with van der Waals surface area (Å²) in [7, 11) is 0. The predicted molar refractivity (Wildman–Crippen MR) is 73.3 cm³/mol. The summed E-state index contributed by atoms with van der Waals surface area (Å²) in [5, 5.41) is 24.2. The zero-order valence-corrected chi connectivity index (χ0v) is 10.9. The number of nitro benzene ring substituents is 1. The van der Waals surface area contributed by atoms with Crippen LogP contribution in [-0.2, 0) is 6.42 Å². The number of hydrogen-bond acceptors (Lipinski definition) is 5. The molecule has 0 radical (unpaired) electrons. The Balaban J connectivity index is 2.56. The molecule has 0 spiro atoms. The van der Waals surface area contributed by atoms with Gasteiger partial charge in [0.15, 0.2) is 0 Å². The van der Waals surface area contributed by atoms with Crippen molar-refractivity contribution in [2.24, 2.45) is 0 Å². The van der Waals surface area contributed by atoms with Gasteiger partial charge in [-0.25, -0.2) is 4.68 Å². The highest BCUT2D eigenvalue weighted by Gasteiger charge is 2.17. The first kappa shape index (κ1) is 13.5. The van der Waals surface area contributed by atoms with E-state index in [0.29, 0.717) is 23.4 Å². The average molecular weight is 271 g/mol. The molecular formula is C13H13N5O2. The molecular weight excluding hydrogens is 258 g/mol. The van der Waals surface area contributed by atoms with Gasteiger partial charge in [0.05, 0.1) is 16.3 Å². The van der Waals surface area contributed by atoms with Crippen LogP contribution in [0, 0.1) is 21.4 Å². The van der Waals surface area contributed by atoms with Crippen LogP contribution in [-0.4, -0.2) is 14.7 Å². The lowest BCUT2D eigenvalue weighted by Gasteiger charge is -2.03. The minimum absolute atomic E-state index is 0.0482. The minimum Gasteiger partial charge on any atom is -0.382 e. The van der Waals surface area contributed by atoms with Gasteiger partial charge in [-0.3, -0.25) is 10.1 Å². The van der Waals surface area contributed by atoms with Crippen molar-refractivity contribution in [2.45, 2.75) is 19.8 Å². The topological polar surface area (TPSA) is 111 Å². The lowest BCUT2D eigenvalue weighted by Crippen LogP contribution is -2.03. The van der Waals surface area contributed by atoms with Crippen LogP contribution >= 0.6 is 0 Å². The predicted octanol–water partition coefficient (Wildman–Crippen LogP) is 2.19. The Bertz CT molecular complexity index is 699. The monoisotopic (exact) mass is 271 g/mol. The smallest absolute Gasteiger partial charge is 0.271 e. The SMILES string of the molecule is CCCc1nn(-c2cccc([N+](=O)[O-])c2)c(N)c1C#N. The fourth-order valence-electron chi connectivity index (χ4n) is 1.95. The zero-order valence-electron chi connectivity index (χ0n) is 10.9. The normalized spacial score (nSPS) is 10.2. The van der Waals surface area contributed by atoms with Crippen LogP contribution in [0.2, 0.25) is 0 Å². The maximum Gasteiger partial charge on any atom is 0.271 e. The Hall–Kier alpha value is -2.88. The summed E-state index contributed by atoms with van der Waals surface area (Å²) in [6, 6.07) is 8.02. The summed E-state index contributed by atoms with van der Waals surface area (Å²) in [5.41, 5.74) is 7.27. The molecule has 0 unspecified atom stereocenters. The summed E-state index contributed by atoms with van der Waals surface area (Å²) in [6.07, 6.45) is 1.47. The standard InChI is InChI=1S/C13H13N5O2/c1-2-4-12-11(8-14)13(15)17(16-12)9-5-3-6-10(7-9)18(19)20/h3,5-7H,2,4,15H2,1H3. The number of hydrogen-bond donors (Lipinski definition) is 1. The quantitative estimate of drug-likeness (QED) is 0.676. The van der Waals surface area contributed by atoms with Gasteiger partial charge in [-0.05, 0) is 12.5 Å². The first-order chi connectivity index (χ1) is 9.58. The largest absolute Gasteiger partial charge is 0.382 e. The molecule has 0 aliphatic carbocycles. The highest BCUT2D eigenvalue weighted by atomic mass is 16.6. The van der Waals surface area contributed by atoms with Gasteiger partial charge in [-0.15, -0.1) is 0 Å². The van der Waals surface area contributed by atoms with Crippen LogP contribution in [0.1, 0.15) is 24.6 Å². The molecule has 7 heteroatoms. The first-order valence-electron chi connectivity index (χ1n) is 6.10. The zero-order chi connectivity index (χ0) is 14.7. The number of aromatic nitrogens is 2. The number of nitrogens with zero attached hydrogens (tertiary/aromatic N) is 4. The first-order valence-corrected chi connectivity index (χ1v) is 6.10. The molecule has 2 aromatic rings. The Morgan fingerprint density at radius 2 is 2.30 bits per heavy atom. The van der Waals surface area contributed by atoms with Crippen molar-refractivity contribution in [3.05, 3.63) is 45.6 Å². The van der Waals surface area contributed by atoms with Gasteiger partial charge in [0.2, 0.25) is 0 Å². The number of benzene rings is 1. The summed E-state index contributed by atoms with van der Waals surface area (Å²) >= 11 is 0. The Kier molecular flexibility index (Phi) is 3.66. The van der Waals surface area contributed by atoms with Crippen LogP contribution in [0.15, 0.2) is 24.3 Å². The van der Waals surface area contributed by atoms with Gasteiger partial charge in [-0.1, -0.05) is 19.4 Å². The van der Waals surface area contributed by atoms with Gasteiger partial charge < -0.3 is 5.73 Å². The molecule has 7 nitrogen and oxygen atoms in total. The highest BCUT2D eigenvalue weighted by Crippen LogP contribution is 2.23. The van der Waals surface area contributed by atoms with E-state index >= 15 is 0 Å². The Labute approximate surface area is 115 Å². The maximum atomic E-state index is 10.8. The van der Waals surface area contributed by atoms with Crippen molar-refractivity contribution in [2.75, 3.05) is 5.73 Å². The van der Waals surface area contributed by atoms with E-state index in [-0.39, 0.29) is 11.5 Å². The summed E-state index contributed by atoms with van der Waals surface area (Å²) in [5.74, 6) is 0.205. The molecule has 1 aromatic heterocycles. The molecule has 2 rings (SSSR count). The van der Waals surface area contributed by atoms with Crippen LogP contribution in [0.4, 0.5) is 11.5 Å². The van der Waals surface area contributed by atoms with Crippen LogP contribution in [0.5, 0.6) is 0 Å². The van der Waals surface area contributed by atoms with Crippen LogP contribution < -0.4 is 5.73 Å². The lowest BCUT2D eigenvalue weighted by atomic mass is 10.2. The van der Waals surface area contributed by atoms with Crippen molar-refractivity contribution < 1.29 is 4.92 Å². The van der Waals surface area contributed by atoms with Crippen LogP contribution in [0.3, 0.4) is 0 Å². The van der Waals surface area contributed by atoms with E-state index in [9.17, 15) is 10.1 Å². The summed E-state index contributed by atoms with van der Waals surface area (Å²) in [6.45, 7) is 1.98. The van der Waals surface area contributed by atoms with Gasteiger partial charge in [0.1, 0.15) is 17.5 Å². The van der Waals surface area contributed by atoms with Gasteiger partial charge in [-0.2, -0.15) is 10.4 Å². The van der Waals surface area contributed by atoms with E-state index in [2.05, 4.69) is 5.10 Å². The van der Waals surface area contributed by atoms with E-state index in [1.165, 1.54) is 16.8 Å². The third-order valence-corrected chi connectivity index (χ3v) is 2.88. The number of rotatable bonds is 4. The number of nitrogens with two attached hydrogens (primary N) is 1. The molecule has 0 saturated carbocycles. The number of nitriles is 1. The molecule has 1 aromatic carbocycles. The molecule has 102 valence electrons. The Morgan fingerprint density at radius 1 is 1.55 bits per heavy atom. The van der Waals surface area contributed by atoms with E-state index in [1.54, 1.807) is 12.1 Å². The molecule has 0 atom stereocenters. The van der Waals surface area contributed by atoms with Crippen molar-refractivity contribution >= 4 is 11.5 Å². The lowest BCUT2D eigenvalue weighted by molar-refractivity contribution is -0.384. The van der Waals surface area contributed by atoms with E-state index in [1.807, 2.05) is 13.0 Å². The Morgan fingerprint density at radius 3 is 2.90 bits per heavy atom. The number of nitrogen functional groups attached to an aromatic ring is 1. The molecule has 0 aliphatic heterocycles. The highest BCUT2D eigenvalue weighted by molar-refractivity contribution is 5.57. The molecule has 1 heterocycles. The average Bonchev–Trinajstić information content (AvgIpc) is 2.75. The minimum atomic E-state index is -0.485. The molecule has 0 saturated heterocycles. The van der Waals surface area contributed by atoms with Gasteiger partial charge in [0, 0.05) is 12.1 Å². The van der Waals surface area contributed by atoms with E-state index in [4.69, 9.17) is 11.0 Å². The third kappa shape index (κ3) is 2.31. The van der Waals surface area contributed by atoms with Crippen molar-refractivity contribution in [3.63, 3.8) is 0 Å². The number of nitro groups is 1. The second-order valence-electron chi connectivity index (χ2n) is 4.26. The fraction of sp³-hybridized carbons (Fsp3) is 0.231. The van der Waals surface area contributed by atoms with E-state index < -0.39 is 4.92 Å². The maximum absolute atomic E-state index is 10.8. The van der Waals surface area contributed by atoms with Crippen LogP contribution in [0.25, 0.3) is 5.69 Å². The second kappa shape index (κ2) is 5.40. The second-order valence-corrected chi connectivity index (χ2v) is 4.26. The van der Waals surface area contributed by atoms with Gasteiger partial charge in [0.25, 0.3) is 5.69 Å². The molecule has 0 bridgehead atoms. The molecule has 0 amide bonds. The molecule has 2 N–H and O–H groups in total. The number of aryl methyl sites for hydroxylation is 1. The molecule has 0 fully saturated rings. The van der Waals surface area contributed by atoms with Crippen molar-refractivity contribution in [1.82, 2.24) is 9.78 Å². The molecule has 20 heavy (non-hydrogen) atoms. The fourth-order valence-corrected chi connectivity index (χ4v) is 1.95. The van der Waals surface area contributed by atoms with Crippen molar-refractivity contribution in [3.8, 4) is 11.8 Å².